The fourth-order valence-electron chi connectivity index (χ4n) is 2.89. The second-order valence-electron chi connectivity index (χ2n) is 6.87. The fraction of sp³-hybridized carbons (Fsp3) is 0.136. The Labute approximate surface area is 193 Å². The minimum atomic E-state index is -0.579. The quantitative estimate of drug-likeness (QED) is 0.279. The number of rotatable bonds is 7. The van der Waals surface area contributed by atoms with Crippen molar-refractivity contribution in [1.29, 1.82) is 0 Å². The van der Waals surface area contributed by atoms with Crippen molar-refractivity contribution < 1.29 is 14.5 Å². The maximum absolute atomic E-state index is 12.2. The maximum Gasteiger partial charge on any atom is 0.288 e. The van der Waals surface area contributed by atoms with E-state index in [4.69, 9.17) is 11.6 Å². The van der Waals surface area contributed by atoms with E-state index >= 15 is 0 Å². The molecule has 2 amide bonds. The van der Waals surface area contributed by atoms with Crippen LogP contribution in [0.1, 0.15) is 31.0 Å². The van der Waals surface area contributed by atoms with E-state index in [9.17, 15) is 19.7 Å². The molecule has 3 rings (SSSR count). The SMILES string of the molecule is CC(=O)NC(C)c1ccc(-c2csc(NC(=O)/C=C/c3ccc(Cl)c([N+](=O)[O-])c3)n2)cc1. The van der Waals surface area contributed by atoms with E-state index in [1.165, 1.54) is 42.5 Å². The summed E-state index contributed by atoms with van der Waals surface area (Å²) in [6, 6.07) is 11.8. The Morgan fingerprint density at radius 1 is 1.22 bits per heavy atom. The van der Waals surface area contributed by atoms with Gasteiger partial charge in [0.15, 0.2) is 5.13 Å². The fourth-order valence-corrected chi connectivity index (χ4v) is 3.80. The number of benzene rings is 2. The molecule has 164 valence electrons. The van der Waals surface area contributed by atoms with Gasteiger partial charge in [0.2, 0.25) is 11.8 Å². The number of amides is 2. The van der Waals surface area contributed by atoms with Crippen molar-refractivity contribution in [2.24, 2.45) is 0 Å². The van der Waals surface area contributed by atoms with Crippen LogP contribution in [0.15, 0.2) is 53.9 Å². The summed E-state index contributed by atoms with van der Waals surface area (Å²) in [7, 11) is 0. The lowest BCUT2D eigenvalue weighted by Crippen LogP contribution is -2.23. The van der Waals surface area contributed by atoms with Gasteiger partial charge in [-0.15, -0.1) is 11.3 Å². The molecule has 0 fully saturated rings. The number of nitrogens with one attached hydrogen (secondary N) is 2. The standard InChI is InChI=1S/C22H19ClN4O4S/c1-13(24-14(2)28)16-5-7-17(8-6-16)19-12-32-22(25-19)26-21(29)10-4-15-3-9-18(23)20(11-15)27(30)31/h3-13H,1-2H3,(H,24,28)(H,25,26,29)/b10-4+. The number of thiazole rings is 1. The summed E-state index contributed by atoms with van der Waals surface area (Å²) in [6.45, 7) is 3.38. The van der Waals surface area contributed by atoms with Crippen LogP contribution < -0.4 is 10.6 Å². The normalized spacial score (nSPS) is 11.8. The summed E-state index contributed by atoms with van der Waals surface area (Å²) in [5.74, 6) is -0.507. The van der Waals surface area contributed by atoms with Crippen LogP contribution in [0.4, 0.5) is 10.8 Å². The van der Waals surface area contributed by atoms with E-state index in [1.54, 1.807) is 6.07 Å². The first-order chi connectivity index (χ1) is 15.2. The number of carbonyl (C=O) groups excluding carboxylic acids is 2. The first-order valence-electron chi connectivity index (χ1n) is 9.49. The largest absolute Gasteiger partial charge is 0.350 e. The molecule has 0 radical (unpaired) electrons. The third-order valence-corrected chi connectivity index (χ3v) is 5.53. The molecule has 2 aromatic carbocycles. The number of nitro benzene ring substituents is 1. The summed E-state index contributed by atoms with van der Waals surface area (Å²) in [5, 5.41) is 18.8. The molecule has 1 aromatic heterocycles. The van der Waals surface area contributed by atoms with E-state index < -0.39 is 10.8 Å². The Morgan fingerprint density at radius 3 is 2.59 bits per heavy atom. The van der Waals surface area contributed by atoms with Crippen LogP contribution in [0.25, 0.3) is 17.3 Å². The lowest BCUT2D eigenvalue weighted by Gasteiger charge is -2.12. The number of hydrogen-bond acceptors (Lipinski definition) is 6. The Morgan fingerprint density at radius 2 is 1.94 bits per heavy atom. The molecular formula is C22H19ClN4O4S. The van der Waals surface area contributed by atoms with Gasteiger partial charge >= 0.3 is 0 Å². The lowest BCUT2D eigenvalue weighted by molar-refractivity contribution is -0.384. The Kier molecular flexibility index (Phi) is 7.34. The summed E-state index contributed by atoms with van der Waals surface area (Å²) >= 11 is 7.07. The van der Waals surface area contributed by atoms with Crippen molar-refractivity contribution in [3.8, 4) is 11.3 Å². The van der Waals surface area contributed by atoms with E-state index in [-0.39, 0.29) is 22.7 Å². The molecule has 3 aromatic rings. The molecule has 0 aliphatic rings. The smallest absolute Gasteiger partial charge is 0.288 e. The average molecular weight is 471 g/mol. The van der Waals surface area contributed by atoms with Gasteiger partial charge < -0.3 is 5.32 Å². The lowest BCUT2D eigenvalue weighted by atomic mass is 10.1. The zero-order valence-corrected chi connectivity index (χ0v) is 18.7. The minimum absolute atomic E-state index is 0.0320. The van der Waals surface area contributed by atoms with E-state index in [1.807, 2.05) is 36.6 Å². The zero-order chi connectivity index (χ0) is 23.3. The van der Waals surface area contributed by atoms with Crippen molar-refractivity contribution in [1.82, 2.24) is 10.3 Å². The highest BCUT2D eigenvalue weighted by atomic mass is 35.5. The van der Waals surface area contributed by atoms with Crippen molar-refractivity contribution in [2.75, 3.05) is 5.32 Å². The Bertz CT molecular complexity index is 1190. The maximum atomic E-state index is 12.2. The van der Waals surface area contributed by atoms with Crippen molar-refractivity contribution >= 4 is 51.6 Å². The van der Waals surface area contributed by atoms with Crippen LogP contribution in [0, 0.1) is 10.1 Å². The topological polar surface area (TPSA) is 114 Å². The highest BCUT2D eigenvalue weighted by Crippen LogP contribution is 2.27. The summed E-state index contributed by atoms with van der Waals surface area (Å²) < 4.78 is 0. The third kappa shape index (κ3) is 5.99. The van der Waals surface area contributed by atoms with Crippen molar-refractivity contribution in [2.45, 2.75) is 19.9 Å². The van der Waals surface area contributed by atoms with Crippen LogP contribution >= 0.6 is 22.9 Å². The first-order valence-corrected chi connectivity index (χ1v) is 10.7. The Hall–Kier alpha value is -3.56. The molecule has 1 atom stereocenters. The molecule has 0 spiro atoms. The molecule has 0 aliphatic carbocycles. The first kappa shape index (κ1) is 23.1. The van der Waals surface area contributed by atoms with Gasteiger partial charge in [-0.05, 0) is 30.2 Å². The van der Waals surface area contributed by atoms with E-state index in [0.717, 1.165) is 11.1 Å². The van der Waals surface area contributed by atoms with E-state index in [0.29, 0.717) is 16.4 Å². The number of aromatic nitrogens is 1. The number of halogens is 1. The Balaban J connectivity index is 1.64. The zero-order valence-electron chi connectivity index (χ0n) is 17.2. The molecule has 0 aliphatic heterocycles. The molecule has 1 heterocycles. The van der Waals surface area contributed by atoms with Crippen LogP contribution in [-0.2, 0) is 9.59 Å². The van der Waals surface area contributed by atoms with Gasteiger partial charge in [-0.3, -0.25) is 25.0 Å². The predicted octanol–water partition coefficient (Wildman–Crippen LogP) is 5.22. The third-order valence-electron chi connectivity index (χ3n) is 4.45. The van der Waals surface area contributed by atoms with Gasteiger partial charge in [0.05, 0.1) is 16.7 Å². The van der Waals surface area contributed by atoms with Crippen LogP contribution in [0.5, 0.6) is 0 Å². The molecule has 1 unspecified atom stereocenters. The molecule has 8 nitrogen and oxygen atoms in total. The molecule has 32 heavy (non-hydrogen) atoms. The predicted molar refractivity (Wildman–Crippen MR) is 126 cm³/mol. The van der Waals surface area contributed by atoms with E-state index in [2.05, 4.69) is 15.6 Å². The minimum Gasteiger partial charge on any atom is -0.350 e. The van der Waals surface area contributed by atoms with Gasteiger partial charge in [0, 0.05) is 30.0 Å². The molecule has 2 N–H and O–H groups in total. The monoisotopic (exact) mass is 470 g/mol. The highest BCUT2D eigenvalue weighted by Gasteiger charge is 2.12. The summed E-state index contributed by atoms with van der Waals surface area (Å²) in [4.78, 5) is 38.2. The van der Waals surface area contributed by atoms with Crippen LogP contribution in [0.3, 0.4) is 0 Å². The second kappa shape index (κ2) is 10.2. The van der Waals surface area contributed by atoms with Gasteiger partial charge in [0.1, 0.15) is 5.02 Å². The second-order valence-corrected chi connectivity index (χ2v) is 8.14. The average Bonchev–Trinajstić information content (AvgIpc) is 3.21. The number of nitrogens with zero attached hydrogens (tertiary/aromatic N) is 2. The number of anilines is 1. The van der Waals surface area contributed by atoms with Gasteiger partial charge in [-0.1, -0.05) is 41.9 Å². The van der Waals surface area contributed by atoms with Crippen LogP contribution in [-0.4, -0.2) is 21.7 Å². The molecule has 0 bridgehead atoms. The molecule has 0 saturated carbocycles. The van der Waals surface area contributed by atoms with Gasteiger partial charge in [0.25, 0.3) is 5.69 Å². The van der Waals surface area contributed by atoms with Crippen molar-refractivity contribution in [3.63, 3.8) is 0 Å². The summed E-state index contributed by atoms with van der Waals surface area (Å²) in [6.07, 6.45) is 2.73. The molecule has 10 heteroatoms. The number of hydrogen-bond donors (Lipinski definition) is 2. The van der Waals surface area contributed by atoms with Crippen LogP contribution in [0.2, 0.25) is 5.02 Å². The number of carbonyl (C=O) groups is 2. The van der Waals surface area contributed by atoms with Gasteiger partial charge in [-0.25, -0.2) is 4.98 Å². The number of nitro groups is 1. The highest BCUT2D eigenvalue weighted by molar-refractivity contribution is 7.14. The molecule has 0 saturated heterocycles. The molecular weight excluding hydrogens is 452 g/mol. The van der Waals surface area contributed by atoms with Gasteiger partial charge in [-0.2, -0.15) is 0 Å². The summed E-state index contributed by atoms with van der Waals surface area (Å²) in [5.41, 5.74) is 2.81. The van der Waals surface area contributed by atoms with Crippen molar-refractivity contribution in [3.05, 3.63) is 80.2 Å².